The maximum atomic E-state index is 13.8. The summed E-state index contributed by atoms with van der Waals surface area (Å²) in [7, 11) is -2.82. The minimum absolute atomic E-state index is 0.0348. The maximum Gasteiger partial charge on any atom is 0.271 e. The molecule has 0 fully saturated rings. The van der Waals surface area contributed by atoms with Crippen molar-refractivity contribution in [2.45, 2.75) is 30.7 Å². The summed E-state index contributed by atoms with van der Waals surface area (Å²) in [4.78, 5) is 38.5. The molecule has 0 aliphatic rings. The van der Waals surface area contributed by atoms with Crippen molar-refractivity contribution in [1.29, 1.82) is 0 Å². The SMILES string of the molecule is CC[C@@H](C(=O)NC)N(CCc1ccccc1)C(=O)CN(c1cccc([N+](=O)[O-])c1)S(=O)(=O)c1ccccc1. The second-order valence-electron chi connectivity index (χ2n) is 8.46. The Hall–Kier alpha value is -4.25. The molecule has 11 heteroatoms. The highest BCUT2D eigenvalue weighted by molar-refractivity contribution is 7.92. The van der Waals surface area contributed by atoms with Gasteiger partial charge in [-0.3, -0.25) is 24.0 Å². The maximum absolute atomic E-state index is 13.8. The highest BCUT2D eigenvalue weighted by atomic mass is 32.2. The minimum Gasteiger partial charge on any atom is -0.357 e. The molecule has 0 unspecified atom stereocenters. The van der Waals surface area contributed by atoms with Crippen molar-refractivity contribution in [3.63, 3.8) is 0 Å². The number of nitrogens with one attached hydrogen (secondary N) is 1. The van der Waals surface area contributed by atoms with Crippen LogP contribution in [0.3, 0.4) is 0 Å². The molecule has 1 atom stereocenters. The van der Waals surface area contributed by atoms with Crippen LogP contribution in [0.25, 0.3) is 0 Å². The normalized spacial score (nSPS) is 11.8. The van der Waals surface area contributed by atoms with Gasteiger partial charge in [-0.1, -0.05) is 61.5 Å². The van der Waals surface area contributed by atoms with E-state index in [1.807, 2.05) is 30.3 Å². The first-order valence-corrected chi connectivity index (χ1v) is 13.5. The van der Waals surface area contributed by atoms with Gasteiger partial charge in [0.05, 0.1) is 15.5 Å². The van der Waals surface area contributed by atoms with Crippen molar-refractivity contribution in [3.05, 3.63) is 101 Å². The van der Waals surface area contributed by atoms with Gasteiger partial charge in [0.15, 0.2) is 0 Å². The molecule has 0 radical (unpaired) electrons. The number of anilines is 1. The molecular weight excluding hydrogens is 508 g/mol. The first-order chi connectivity index (χ1) is 18.2. The number of non-ortho nitro benzene ring substituents is 1. The van der Waals surface area contributed by atoms with E-state index in [0.717, 1.165) is 15.9 Å². The van der Waals surface area contributed by atoms with Crippen LogP contribution in [-0.2, 0) is 26.0 Å². The van der Waals surface area contributed by atoms with Gasteiger partial charge in [-0.15, -0.1) is 0 Å². The minimum atomic E-state index is -4.29. The zero-order valence-corrected chi connectivity index (χ0v) is 22.0. The lowest BCUT2D eigenvalue weighted by Gasteiger charge is -2.33. The van der Waals surface area contributed by atoms with Gasteiger partial charge in [-0.05, 0) is 36.6 Å². The molecule has 3 aromatic rings. The van der Waals surface area contributed by atoms with Crippen LogP contribution in [0.5, 0.6) is 0 Å². The van der Waals surface area contributed by atoms with Gasteiger partial charge in [-0.25, -0.2) is 8.42 Å². The highest BCUT2D eigenvalue weighted by Crippen LogP contribution is 2.27. The van der Waals surface area contributed by atoms with Crippen LogP contribution < -0.4 is 9.62 Å². The fraction of sp³-hybridized carbons (Fsp3) is 0.259. The van der Waals surface area contributed by atoms with Crippen molar-refractivity contribution in [1.82, 2.24) is 10.2 Å². The average molecular weight is 539 g/mol. The molecule has 2 amide bonds. The number of nitro benzene ring substituents is 1. The molecule has 38 heavy (non-hydrogen) atoms. The quantitative estimate of drug-likeness (QED) is 0.278. The Morgan fingerprint density at radius 1 is 0.974 bits per heavy atom. The van der Waals surface area contributed by atoms with Crippen LogP contribution in [0.4, 0.5) is 11.4 Å². The Morgan fingerprint density at radius 3 is 2.18 bits per heavy atom. The molecule has 0 heterocycles. The Morgan fingerprint density at radius 2 is 1.61 bits per heavy atom. The zero-order chi connectivity index (χ0) is 27.7. The number of carbonyl (C=O) groups is 2. The summed E-state index contributed by atoms with van der Waals surface area (Å²) in [6.45, 7) is 1.28. The van der Waals surface area contributed by atoms with Gasteiger partial charge in [0.25, 0.3) is 15.7 Å². The molecule has 10 nitrogen and oxygen atoms in total. The van der Waals surface area contributed by atoms with Gasteiger partial charge in [-0.2, -0.15) is 0 Å². The topological polar surface area (TPSA) is 130 Å². The van der Waals surface area contributed by atoms with Crippen LogP contribution in [0.1, 0.15) is 18.9 Å². The number of amides is 2. The Bertz CT molecular complexity index is 1370. The number of hydrogen-bond acceptors (Lipinski definition) is 6. The number of benzene rings is 3. The van der Waals surface area contributed by atoms with Gasteiger partial charge < -0.3 is 10.2 Å². The van der Waals surface area contributed by atoms with E-state index in [2.05, 4.69) is 5.32 Å². The standard InChI is InChI=1S/C27H30N4O6S/c1-3-25(27(33)28-2)29(18-17-21-11-6-4-7-12-21)26(32)20-30(22-13-10-14-23(19-22)31(34)35)38(36,37)24-15-8-5-9-16-24/h4-16,19,25H,3,17-18,20H2,1-2H3,(H,28,33)/t25-/m0/s1. The lowest BCUT2D eigenvalue weighted by molar-refractivity contribution is -0.384. The number of nitro groups is 1. The molecule has 0 aliphatic carbocycles. The van der Waals surface area contributed by atoms with E-state index in [1.165, 1.54) is 42.3 Å². The van der Waals surface area contributed by atoms with Gasteiger partial charge in [0.2, 0.25) is 11.8 Å². The van der Waals surface area contributed by atoms with E-state index in [-0.39, 0.29) is 28.7 Å². The lowest BCUT2D eigenvalue weighted by atomic mass is 10.1. The van der Waals surface area contributed by atoms with E-state index < -0.39 is 33.4 Å². The van der Waals surface area contributed by atoms with E-state index in [0.29, 0.717) is 12.8 Å². The fourth-order valence-electron chi connectivity index (χ4n) is 4.07. The van der Waals surface area contributed by atoms with Crippen molar-refractivity contribution < 1.29 is 22.9 Å². The van der Waals surface area contributed by atoms with E-state index >= 15 is 0 Å². The molecule has 1 N–H and O–H groups in total. The lowest BCUT2D eigenvalue weighted by Crippen LogP contribution is -2.52. The zero-order valence-electron chi connectivity index (χ0n) is 21.2. The van der Waals surface area contributed by atoms with Gasteiger partial charge in [0, 0.05) is 25.7 Å². The Kier molecular flexibility index (Phi) is 9.55. The number of hydrogen-bond donors (Lipinski definition) is 1. The largest absolute Gasteiger partial charge is 0.357 e. The summed E-state index contributed by atoms with van der Waals surface area (Å²) in [5.74, 6) is -0.982. The van der Waals surface area contributed by atoms with Crippen molar-refractivity contribution in [3.8, 4) is 0 Å². The number of carbonyl (C=O) groups excluding carboxylic acids is 2. The monoisotopic (exact) mass is 538 g/mol. The second-order valence-corrected chi connectivity index (χ2v) is 10.3. The first-order valence-electron chi connectivity index (χ1n) is 12.1. The second kappa shape index (κ2) is 12.8. The van der Waals surface area contributed by atoms with Crippen LogP contribution in [-0.4, -0.2) is 56.2 Å². The van der Waals surface area contributed by atoms with E-state index in [4.69, 9.17) is 0 Å². The smallest absolute Gasteiger partial charge is 0.271 e. The third-order valence-electron chi connectivity index (χ3n) is 6.06. The molecule has 200 valence electrons. The summed E-state index contributed by atoms with van der Waals surface area (Å²) in [6, 6.07) is 21.2. The highest BCUT2D eigenvalue weighted by Gasteiger charge is 2.33. The molecular formula is C27H30N4O6S. The van der Waals surface area contributed by atoms with Crippen LogP contribution in [0.2, 0.25) is 0 Å². The van der Waals surface area contributed by atoms with Gasteiger partial charge >= 0.3 is 0 Å². The summed E-state index contributed by atoms with van der Waals surface area (Å²) >= 11 is 0. The third kappa shape index (κ3) is 6.74. The average Bonchev–Trinajstić information content (AvgIpc) is 2.94. The van der Waals surface area contributed by atoms with Crippen molar-refractivity contribution in [2.75, 3.05) is 24.4 Å². The predicted molar refractivity (Wildman–Crippen MR) is 144 cm³/mol. The van der Waals surface area contributed by atoms with Crippen molar-refractivity contribution in [2.24, 2.45) is 0 Å². The molecule has 0 aromatic heterocycles. The van der Waals surface area contributed by atoms with Crippen LogP contribution >= 0.6 is 0 Å². The van der Waals surface area contributed by atoms with E-state index in [1.54, 1.807) is 25.1 Å². The predicted octanol–water partition coefficient (Wildman–Crippen LogP) is 3.39. The Balaban J connectivity index is 2.03. The molecule has 0 saturated heterocycles. The van der Waals surface area contributed by atoms with Crippen molar-refractivity contribution >= 4 is 33.2 Å². The molecule has 3 rings (SSSR count). The molecule has 0 saturated carbocycles. The number of rotatable bonds is 12. The van der Waals surface area contributed by atoms with E-state index in [9.17, 15) is 28.1 Å². The summed E-state index contributed by atoms with van der Waals surface area (Å²) < 4.78 is 28.2. The van der Waals surface area contributed by atoms with Crippen LogP contribution in [0.15, 0.2) is 89.8 Å². The third-order valence-corrected chi connectivity index (χ3v) is 7.84. The molecule has 0 bridgehead atoms. The first kappa shape index (κ1) is 28.3. The molecule has 0 aliphatic heterocycles. The van der Waals surface area contributed by atoms with Gasteiger partial charge in [0.1, 0.15) is 12.6 Å². The molecule has 3 aromatic carbocycles. The number of likely N-dealkylation sites (N-methyl/N-ethyl adjacent to an activating group) is 1. The van der Waals surface area contributed by atoms with Crippen LogP contribution in [0, 0.1) is 10.1 Å². The molecule has 0 spiro atoms. The summed E-state index contributed by atoms with van der Waals surface area (Å²) in [5.41, 5.74) is 0.595. The number of sulfonamides is 1. The summed E-state index contributed by atoms with van der Waals surface area (Å²) in [5, 5.41) is 14.0. The fourth-order valence-corrected chi connectivity index (χ4v) is 5.50. The summed E-state index contributed by atoms with van der Waals surface area (Å²) in [6.07, 6.45) is 0.755. The Labute approximate surface area is 222 Å². The number of nitrogens with zero attached hydrogens (tertiary/aromatic N) is 3.